The molecule has 1 fully saturated rings. The highest BCUT2D eigenvalue weighted by molar-refractivity contribution is 6.33. The second kappa shape index (κ2) is 9.79. The number of nitrogens with one attached hydrogen (secondary N) is 1. The van der Waals surface area contributed by atoms with Crippen LogP contribution < -0.4 is 4.74 Å². The van der Waals surface area contributed by atoms with E-state index in [1.165, 1.54) is 0 Å². The molecule has 190 valence electrons. The summed E-state index contributed by atoms with van der Waals surface area (Å²) >= 11 is 6.55. The number of fused-ring (bicyclic) bond motifs is 1. The maximum atomic E-state index is 10.1. The zero-order valence-electron chi connectivity index (χ0n) is 19.9. The molecule has 3 atom stereocenters. The van der Waals surface area contributed by atoms with Crippen molar-refractivity contribution in [1.82, 2.24) is 24.7 Å². The Morgan fingerprint density at radius 3 is 2.64 bits per heavy atom. The lowest BCUT2D eigenvalue weighted by Gasteiger charge is -2.31. The molecular weight excluding hydrogens is 486 g/mol. The smallest absolute Gasteiger partial charge is 0.296 e. The van der Waals surface area contributed by atoms with E-state index >= 15 is 0 Å². The summed E-state index contributed by atoms with van der Waals surface area (Å²) in [5.41, 5.74) is 3.57. The minimum absolute atomic E-state index is 0.238. The second-order valence-electron chi connectivity index (χ2n) is 9.65. The van der Waals surface area contributed by atoms with Crippen LogP contribution >= 0.6 is 11.6 Å². The van der Waals surface area contributed by atoms with Crippen molar-refractivity contribution >= 4 is 22.8 Å². The molecule has 4 aromatic rings. The number of halogens is 1. The van der Waals surface area contributed by atoms with Crippen LogP contribution in [-0.2, 0) is 11.3 Å². The third kappa shape index (κ3) is 5.37. The molecule has 0 amide bonds. The molecule has 0 bridgehead atoms. The molecule has 5 rings (SSSR count). The van der Waals surface area contributed by atoms with Gasteiger partial charge in [-0.1, -0.05) is 35.9 Å². The van der Waals surface area contributed by atoms with Gasteiger partial charge in [0.15, 0.2) is 5.65 Å². The SMILES string of the molecule is CC(C)(O)Cn1cc(-c2ccc(-c3nc4nc(OC5COC(CO)C(O)C5)[nH]c4cc3Cl)cc2)cn1. The number of hydrogen-bond donors (Lipinski definition) is 4. The maximum absolute atomic E-state index is 10.1. The zero-order valence-corrected chi connectivity index (χ0v) is 20.7. The number of imidazole rings is 1. The van der Waals surface area contributed by atoms with Gasteiger partial charge in [-0.2, -0.15) is 10.1 Å². The standard InChI is InChI=1S/C25H28ClN5O5/c1-25(2,34)13-31-10-16(9-27-31)14-3-5-15(6-4-14)22-18(26)8-19-23(29-22)30-24(28-19)36-17-7-20(33)21(11-32)35-12-17/h3-6,8-10,17,20-21,32-34H,7,11-13H2,1-2H3,(H,28,29,30). The number of aromatic amines is 1. The van der Waals surface area contributed by atoms with Gasteiger partial charge in [0.05, 0.1) is 53.9 Å². The molecule has 36 heavy (non-hydrogen) atoms. The quantitative estimate of drug-likeness (QED) is 0.296. The molecule has 4 heterocycles. The fourth-order valence-electron chi connectivity index (χ4n) is 4.22. The van der Waals surface area contributed by atoms with Gasteiger partial charge in [0.25, 0.3) is 6.01 Å². The Morgan fingerprint density at radius 2 is 1.94 bits per heavy atom. The van der Waals surface area contributed by atoms with Crippen molar-refractivity contribution in [2.24, 2.45) is 0 Å². The number of aromatic nitrogens is 5. The van der Waals surface area contributed by atoms with Gasteiger partial charge in [-0.15, -0.1) is 0 Å². The minimum Gasteiger partial charge on any atom is -0.459 e. The van der Waals surface area contributed by atoms with Gasteiger partial charge >= 0.3 is 0 Å². The van der Waals surface area contributed by atoms with Gasteiger partial charge in [0, 0.05) is 23.7 Å². The normalized spacial score (nSPS) is 20.7. The van der Waals surface area contributed by atoms with Gasteiger partial charge in [-0.3, -0.25) is 4.68 Å². The van der Waals surface area contributed by atoms with E-state index in [0.29, 0.717) is 34.8 Å². The van der Waals surface area contributed by atoms with Crippen molar-refractivity contribution in [3.8, 4) is 28.4 Å². The number of H-pyrrole nitrogens is 1. The molecule has 10 nitrogen and oxygen atoms in total. The highest BCUT2D eigenvalue weighted by Crippen LogP contribution is 2.31. The first-order valence-electron chi connectivity index (χ1n) is 11.7. The van der Waals surface area contributed by atoms with Crippen molar-refractivity contribution in [2.75, 3.05) is 13.2 Å². The first-order chi connectivity index (χ1) is 17.2. The molecule has 0 aliphatic carbocycles. The first kappa shape index (κ1) is 24.7. The van der Waals surface area contributed by atoms with E-state index < -0.39 is 23.9 Å². The number of hydrogen-bond acceptors (Lipinski definition) is 8. The summed E-state index contributed by atoms with van der Waals surface area (Å²) in [7, 11) is 0. The molecule has 0 spiro atoms. The zero-order chi connectivity index (χ0) is 25.4. The fourth-order valence-corrected chi connectivity index (χ4v) is 4.48. The average molecular weight is 514 g/mol. The van der Waals surface area contributed by atoms with Crippen molar-refractivity contribution in [1.29, 1.82) is 0 Å². The van der Waals surface area contributed by atoms with Crippen LogP contribution in [0.3, 0.4) is 0 Å². The predicted molar refractivity (Wildman–Crippen MR) is 134 cm³/mol. The van der Waals surface area contributed by atoms with E-state index in [0.717, 1.165) is 16.7 Å². The molecule has 1 aliphatic heterocycles. The van der Waals surface area contributed by atoms with E-state index in [9.17, 15) is 15.3 Å². The molecule has 0 radical (unpaired) electrons. The monoisotopic (exact) mass is 513 g/mol. The van der Waals surface area contributed by atoms with Gasteiger partial charge in [0.2, 0.25) is 0 Å². The Bertz CT molecular complexity index is 1350. The van der Waals surface area contributed by atoms with Crippen LogP contribution in [0.15, 0.2) is 42.7 Å². The van der Waals surface area contributed by atoms with Crippen LogP contribution in [0.4, 0.5) is 0 Å². The van der Waals surface area contributed by atoms with Crippen LogP contribution in [0.5, 0.6) is 6.01 Å². The molecule has 0 saturated carbocycles. The Kier molecular flexibility index (Phi) is 6.71. The molecule has 1 saturated heterocycles. The molecule has 1 aliphatic rings. The van der Waals surface area contributed by atoms with Crippen molar-refractivity contribution in [3.05, 3.63) is 47.7 Å². The van der Waals surface area contributed by atoms with Gasteiger partial charge in [-0.25, -0.2) is 4.98 Å². The van der Waals surface area contributed by atoms with Crippen molar-refractivity contribution in [2.45, 2.75) is 50.7 Å². The lowest BCUT2D eigenvalue weighted by Crippen LogP contribution is -2.45. The summed E-state index contributed by atoms with van der Waals surface area (Å²) in [5, 5.41) is 34.1. The molecule has 3 aromatic heterocycles. The van der Waals surface area contributed by atoms with Gasteiger partial charge in [-0.05, 0) is 25.5 Å². The van der Waals surface area contributed by atoms with Crippen molar-refractivity contribution in [3.63, 3.8) is 0 Å². The number of ether oxygens (including phenoxy) is 2. The summed E-state index contributed by atoms with van der Waals surface area (Å²) in [4.78, 5) is 12.1. The van der Waals surface area contributed by atoms with Crippen molar-refractivity contribution < 1.29 is 24.8 Å². The summed E-state index contributed by atoms with van der Waals surface area (Å²) in [6.45, 7) is 3.88. The number of benzene rings is 1. The second-order valence-corrected chi connectivity index (χ2v) is 10.1. The van der Waals surface area contributed by atoms with E-state index in [4.69, 9.17) is 21.1 Å². The van der Waals surface area contributed by atoms with Crippen LogP contribution in [0, 0.1) is 0 Å². The van der Waals surface area contributed by atoms with E-state index in [-0.39, 0.29) is 19.2 Å². The minimum atomic E-state index is -0.847. The lowest BCUT2D eigenvalue weighted by molar-refractivity contribution is -0.131. The Labute approximate surface area is 212 Å². The average Bonchev–Trinajstić information content (AvgIpc) is 3.43. The summed E-state index contributed by atoms with van der Waals surface area (Å²) < 4.78 is 13.0. The Balaban J connectivity index is 1.33. The van der Waals surface area contributed by atoms with Crippen LogP contribution in [0.25, 0.3) is 33.5 Å². The Morgan fingerprint density at radius 1 is 1.19 bits per heavy atom. The molecule has 11 heteroatoms. The van der Waals surface area contributed by atoms with Crippen LogP contribution in [0.1, 0.15) is 20.3 Å². The first-order valence-corrected chi connectivity index (χ1v) is 12.1. The topological polar surface area (TPSA) is 139 Å². The summed E-state index contributed by atoms with van der Waals surface area (Å²) in [5.74, 6) is 0. The lowest BCUT2D eigenvalue weighted by atomic mass is 10.0. The predicted octanol–water partition coefficient (Wildman–Crippen LogP) is 2.80. The maximum Gasteiger partial charge on any atom is 0.296 e. The van der Waals surface area contributed by atoms with E-state index in [1.54, 1.807) is 30.8 Å². The fraction of sp³-hybridized carbons (Fsp3) is 0.400. The summed E-state index contributed by atoms with van der Waals surface area (Å²) in [6.07, 6.45) is 2.18. The number of nitrogens with zero attached hydrogens (tertiary/aromatic N) is 4. The molecule has 1 aromatic carbocycles. The molecule has 4 N–H and O–H groups in total. The highest BCUT2D eigenvalue weighted by Gasteiger charge is 2.31. The van der Waals surface area contributed by atoms with E-state index in [1.807, 2.05) is 30.5 Å². The molecule has 3 unspecified atom stereocenters. The molecular formula is C25H28ClN5O5. The van der Waals surface area contributed by atoms with Crippen LogP contribution in [0.2, 0.25) is 5.02 Å². The number of pyridine rings is 1. The highest BCUT2D eigenvalue weighted by atomic mass is 35.5. The number of aliphatic hydroxyl groups excluding tert-OH is 2. The number of rotatable bonds is 7. The van der Waals surface area contributed by atoms with E-state index in [2.05, 4.69) is 20.1 Å². The largest absolute Gasteiger partial charge is 0.459 e. The number of aliphatic hydroxyl groups is 3. The third-order valence-electron chi connectivity index (χ3n) is 5.97. The third-order valence-corrected chi connectivity index (χ3v) is 6.25. The van der Waals surface area contributed by atoms with Crippen LogP contribution in [-0.4, -0.2) is 77.2 Å². The van der Waals surface area contributed by atoms with Gasteiger partial charge < -0.3 is 29.8 Å². The summed E-state index contributed by atoms with van der Waals surface area (Å²) in [6, 6.07) is 9.82. The Hall–Kier alpha value is -3.02. The van der Waals surface area contributed by atoms with Gasteiger partial charge in [0.1, 0.15) is 12.2 Å².